The molecule has 1 saturated carbocycles. The molecule has 1 aliphatic rings. The maximum Gasteiger partial charge on any atom is 0.303 e. The normalized spacial score (nSPS) is 16.7. The van der Waals surface area contributed by atoms with Crippen molar-refractivity contribution in [3.8, 4) is 0 Å². The van der Waals surface area contributed by atoms with Crippen molar-refractivity contribution in [3.05, 3.63) is 16.1 Å². The van der Waals surface area contributed by atoms with E-state index in [0.717, 1.165) is 42.9 Å². The van der Waals surface area contributed by atoms with Gasteiger partial charge in [0.2, 0.25) is 0 Å². The average Bonchev–Trinajstić information content (AvgIpc) is 2.89. The van der Waals surface area contributed by atoms with Crippen molar-refractivity contribution in [2.24, 2.45) is 5.41 Å². The van der Waals surface area contributed by atoms with Crippen LogP contribution >= 0.6 is 23.1 Å². The van der Waals surface area contributed by atoms with E-state index in [1.54, 1.807) is 11.3 Å². The molecule has 0 amide bonds. The summed E-state index contributed by atoms with van der Waals surface area (Å²) in [4.78, 5) is 15.3. The number of nitrogens with zero attached hydrogens (tertiary/aromatic N) is 1. The highest BCUT2D eigenvalue weighted by Crippen LogP contribution is 2.51. The molecule has 1 aromatic heterocycles. The molecule has 0 bridgehead atoms. The molecule has 0 aromatic carbocycles. The Bertz CT molecular complexity index is 413. The number of carboxylic acid groups (broad SMARTS) is 1. The molecule has 2 rings (SSSR count). The summed E-state index contributed by atoms with van der Waals surface area (Å²) >= 11 is 3.57. The number of aliphatic carboxylic acids is 1. The minimum Gasteiger partial charge on any atom is -0.481 e. The van der Waals surface area contributed by atoms with Gasteiger partial charge in [-0.3, -0.25) is 4.79 Å². The zero-order valence-corrected chi connectivity index (χ0v) is 12.3. The van der Waals surface area contributed by atoms with Crippen LogP contribution in [0.4, 0.5) is 0 Å². The SMILES string of the molecule is CCCc1nc(CSCC2(CC(=O)O)CC2)cs1. The van der Waals surface area contributed by atoms with E-state index in [0.29, 0.717) is 6.42 Å². The highest BCUT2D eigenvalue weighted by atomic mass is 32.2. The smallest absolute Gasteiger partial charge is 0.303 e. The van der Waals surface area contributed by atoms with Crippen LogP contribution in [0.3, 0.4) is 0 Å². The number of thiazole rings is 1. The van der Waals surface area contributed by atoms with Gasteiger partial charge in [-0.25, -0.2) is 4.98 Å². The quantitative estimate of drug-likeness (QED) is 0.793. The fraction of sp³-hybridized carbons (Fsp3) is 0.692. The summed E-state index contributed by atoms with van der Waals surface area (Å²) in [6.45, 7) is 2.17. The fourth-order valence-corrected chi connectivity index (χ4v) is 4.27. The number of carboxylic acids is 1. The van der Waals surface area contributed by atoms with Gasteiger partial charge in [0.05, 0.1) is 17.1 Å². The van der Waals surface area contributed by atoms with Gasteiger partial charge in [0.1, 0.15) is 0 Å². The van der Waals surface area contributed by atoms with Crippen LogP contribution in [0.5, 0.6) is 0 Å². The molecule has 0 saturated heterocycles. The first kappa shape index (κ1) is 13.9. The van der Waals surface area contributed by atoms with Gasteiger partial charge >= 0.3 is 5.97 Å². The summed E-state index contributed by atoms with van der Waals surface area (Å²) in [7, 11) is 0. The highest BCUT2D eigenvalue weighted by Gasteiger charge is 2.44. The molecule has 100 valence electrons. The fourth-order valence-electron chi connectivity index (χ4n) is 1.99. The number of hydrogen-bond donors (Lipinski definition) is 1. The number of rotatable bonds is 8. The highest BCUT2D eigenvalue weighted by molar-refractivity contribution is 7.98. The molecule has 3 nitrogen and oxygen atoms in total. The molecule has 5 heteroatoms. The Hall–Kier alpha value is -0.550. The van der Waals surface area contributed by atoms with Crippen molar-refractivity contribution in [2.75, 3.05) is 5.75 Å². The number of carbonyl (C=O) groups is 1. The summed E-state index contributed by atoms with van der Waals surface area (Å²) < 4.78 is 0. The van der Waals surface area contributed by atoms with Crippen molar-refractivity contribution in [1.82, 2.24) is 4.98 Å². The molecule has 1 aliphatic carbocycles. The summed E-state index contributed by atoms with van der Waals surface area (Å²) in [5, 5.41) is 12.2. The van der Waals surface area contributed by atoms with Crippen molar-refractivity contribution < 1.29 is 9.90 Å². The van der Waals surface area contributed by atoms with E-state index in [9.17, 15) is 4.79 Å². The van der Waals surface area contributed by atoms with E-state index in [4.69, 9.17) is 5.11 Å². The second kappa shape index (κ2) is 6.06. The second-order valence-corrected chi connectivity index (χ2v) is 6.97. The lowest BCUT2D eigenvalue weighted by molar-refractivity contribution is -0.138. The Morgan fingerprint density at radius 1 is 1.61 bits per heavy atom. The summed E-state index contributed by atoms with van der Waals surface area (Å²) in [5.41, 5.74) is 1.25. The molecule has 0 radical (unpaired) electrons. The Kier molecular flexibility index (Phi) is 4.67. The third-order valence-electron chi connectivity index (χ3n) is 3.20. The summed E-state index contributed by atoms with van der Waals surface area (Å²) in [6, 6.07) is 0. The van der Waals surface area contributed by atoms with E-state index in [1.165, 1.54) is 5.01 Å². The Morgan fingerprint density at radius 3 is 3.00 bits per heavy atom. The summed E-state index contributed by atoms with van der Waals surface area (Å²) in [5.74, 6) is 1.22. The van der Waals surface area contributed by atoms with Crippen LogP contribution in [-0.2, 0) is 17.0 Å². The monoisotopic (exact) mass is 285 g/mol. The standard InChI is InChI=1S/C13H19NO2S2/c1-2-3-11-14-10(8-18-11)7-17-9-13(4-5-13)6-12(15)16/h8H,2-7,9H2,1H3,(H,15,16). The minimum absolute atomic E-state index is 0.0960. The van der Waals surface area contributed by atoms with E-state index in [-0.39, 0.29) is 5.41 Å². The van der Waals surface area contributed by atoms with Crippen LogP contribution in [0.2, 0.25) is 0 Å². The van der Waals surface area contributed by atoms with Gasteiger partial charge in [0, 0.05) is 11.1 Å². The van der Waals surface area contributed by atoms with Gasteiger partial charge in [0.15, 0.2) is 0 Å². The first-order valence-electron chi connectivity index (χ1n) is 6.36. The predicted molar refractivity (Wildman–Crippen MR) is 76.2 cm³/mol. The van der Waals surface area contributed by atoms with Crippen LogP contribution in [0.25, 0.3) is 0 Å². The van der Waals surface area contributed by atoms with Crippen LogP contribution in [0, 0.1) is 5.41 Å². The molecule has 0 spiro atoms. The Labute approximate surface area is 116 Å². The topological polar surface area (TPSA) is 50.2 Å². The predicted octanol–water partition coefficient (Wildman–Crippen LogP) is 3.58. The molecular weight excluding hydrogens is 266 g/mol. The summed E-state index contributed by atoms with van der Waals surface area (Å²) in [6.07, 6.45) is 4.69. The molecule has 0 atom stereocenters. The molecule has 1 N–H and O–H groups in total. The van der Waals surface area contributed by atoms with Crippen molar-refractivity contribution in [1.29, 1.82) is 0 Å². The zero-order chi connectivity index (χ0) is 13.0. The molecule has 1 fully saturated rings. The lowest BCUT2D eigenvalue weighted by atomic mass is 10.1. The van der Waals surface area contributed by atoms with Crippen LogP contribution in [0.1, 0.15) is 43.3 Å². The van der Waals surface area contributed by atoms with Crippen LogP contribution in [-0.4, -0.2) is 21.8 Å². The van der Waals surface area contributed by atoms with E-state index < -0.39 is 5.97 Å². The third kappa shape index (κ3) is 3.99. The van der Waals surface area contributed by atoms with Gasteiger partial charge < -0.3 is 5.11 Å². The molecule has 1 heterocycles. The van der Waals surface area contributed by atoms with Gasteiger partial charge in [-0.1, -0.05) is 6.92 Å². The minimum atomic E-state index is -0.660. The second-order valence-electron chi connectivity index (χ2n) is 5.05. The van der Waals surface area contributed by atoms with E-state index in [2.05, 4.69) is 17.3 Å². The van der Waals surface area contributed by atoms with Crippen molar-refractivity contribution in [3.63, 3.8) is 0 Å². The van der Waals surface area contributed by atoms with Gasteiger partial charge in [-0.2, -0.15) is 11.8 Å². The van der Waals surface area contributed by atoms with Gasteiger partial charge in [0.25, 0.3) is 0 Å². The van der Waals surface area contributed by atoms with Crippen molar-refractivity contribution >= 4 is 29.1 Å². The maximum absolute atomic E-state index is 10.7. The number of aryl methyl sites for hydroxylation is 1. The maximum atomic E-state index is 10.7. The van der Waals surface area contributed by atoms with E-state index in [1.807, 2.05) is 11.8 Å². The Morgan fingerprint density at radius 2 is 2.39 bits per heavy atom. The van der Waals surface area contributed by atoms with E-state index >= 15 is 0 Å². The largest absolute Gasteiger partial charge is 0.481 e. The zero-order valence-electron chi connectivity index (χ0n) is 10.6. The number of thioether (sulfide) groups is 1. The average molecular weight is 285 g/mol. The number of aromatic nitrogens is 1. The molecule has 18 heavy (non-hydrogen) atoms. The molecular formula is C13H19NO2S2. The van der Waals surface area contributed by atoms with Gasteiger partial charge in [-0.05, 0) is 36.9 Å². The molecule has 1 aromatic rings. The molecule has 0 aliphatic heterocycles. The van der Waals surface area contributed by atoms with Gasteiger partial charge in [-0.15, -0.1) is 11.3 Å². The first-order valence-corrected chi connectivity index (χ1v) is 8.40. The third-order valence-corrected chi connectivity index (χ3v) is 5.48. The Balaban J connectivity index is 1.73. The lowest BCUT2D eigenvalue weighted by Gasteiger charge is -2.10. The van der Waals surface area contributed by atoms with Crippen LogP contribution < -0.4 is 0 Å². The molecule has 0 unspecified atom stereocenters. The number of hydrogen-bond acceptors (Lipinski definition) is 4. The van der Waals surface area contributed by atoms with Crippen molar-refractivity contribution in [2.45, 2.75) is 44.8 Å². The lowest BCUT2D eigenvalue weighted by Crippen LogP contribution is -2.11. The first-order chi connectivity index (χ1) is 8.63. The van der Waals surface area contributed by atoms with Crippen LogP contribution in [0.15, 0.2) is 5.38 Å².